The lowest BCUT2D eigenvalue weighted by molar-refractivity contribution is -0.182. The number of rotatable bonds is 15. The second-order valence-electron chi connectivity index (χ2n) is 15.2. The van der Waals surface area contributed by atoms with Crippen LogP contribution in [0.5, 0.6) is 0 Å². The number of halogens is 5. The molecule has 0 saturated heterocycles. The number of urea groups is 2. The summed E-state index contributed by atoms with van der Waals surface area (Å²) in [6.45, 7) is 2.58. The van der Waals surface area contributed by atoms with Crippen LogP contribution in [0.3, 0.4) is 0 Å². The lowest BCUT2D eigenvalue weighted by Crippen LogP contribution is -2.46. The van der Waals surface area contributed by atoms with Crippen molar-refractivity contribution in [1.82, 2.24) is 35.3 Å². The van der Waals surface area contributed by atoms with Gasteiger partial charge in [0, 0.05) is 52.5 Å². The summed E-state index contributed by atoms with van der Waals surface area (Å²) in [5.41, 5.74) is 2.40. The molecule has 0 bridgehead atoms. The van der Waals surface area contributed by atoms with Gasteiger partial charge in [-0.3, -0.25) is 9.59 Å². The molecule has 0 radical (unpaired) electrons. The molecule has 1 atom stereocenters. The lowest BCUT2D eigenvalue weighted by atomic mass is 9.95. The van der Waals surface area contributed by atoms with Crippen molar-refractivity contribution in [3.05, 3.63) is 112 Å². The van der Waals surface area contributed by atoms with Crippen LogP contribution in [0.25, 0.3) is 10.9 Å². The maximum absolute atomic E-state index is 14.3. The van der Waals surface area contributed by atoms with Gasteiger partial charge < -0.3 is 46.3 Å². The number of para-hydroxylation sites is 2. The number of nitrogens with zero attached hydrogens (tertiary/aromatic N) is 4. The van der Waals surface area contributed by atoms with Gasteiger partial charge in [-0.15, -0.1) is 0 Å². The summed E-state index contributed by atoms with van der Waals surface area (Å²) in [4.78, 5) is 62.1. The van der Waals surface area contributed by atoms with Crippen molar-refractivity contribution < 1.29 is 32.3 Å². The van der Waals surface area contributed by atoms with Crippen molar-refractivity contribution >= 4 is 86.8 Å². The van der Waals surface area contributed by atoms with Crippen molar-refractivity contribution in [3.8, 4) is 0 Å². The SMILES string of the molecule is CN(C)CCCNC(=O)Nc1ccccc1C(=O)N1CCc2c([nH]c3ccccc23)C1C(F)(F)F.CN(C)CCCNC(=O)Nc1cccnc1SCC(=O)Nc1cc(Cl)cc(Cl)c1. The van der Waals surface area contributed by atoms with Crippen LogP contribution in [0.1, 0.15) is 40.5 Å². The third-order valence-electron chi connectivity index (χ3n) is 9.65. The first-order valence-electron chi connectivity index (χ1n) is 20.3. The van der Waals surface area contributed by atoms with Gasteiger partial charge in [-0.1, -0.05) is 65.3 Å². The fraction of sp³-hybridized carbons (Fsp3) is 0.341. The summed E-state index contributed by atoms with van der Waals surface area (Å²) in [6.07, 6.45) is -1.20. The predicted octanol–water partition coefficient (Wildman–Crippen LogP) is 8.74. The van der Waals surface area contributed by atoms with E-state index in [4.69, 9.17) is 23.2 Å². The van der Waals surface area contributed by atoms with Crippen molar-refractivity contribution in [1.29, 1.82) is 0 Å². The van der Waals surface area contributed by atoms with E-state index in [0.29, 0.717) is 57.0 Å². The number of aromatic amines is 1. The highest BCUT2D eigenvalue weighted by atomic mass is 35.5. The molecule has 0 spiro atoms. The number of carbonyl (C=O) groups excluding carboxylic acids is 4. The Hall–Kier alpha value is -5.53. The fourth-order valence-electron chi connectivity index (χ4n) is 6.82. The fourth-order valence-corrected chi connectivity index (χ4v) is 8.09. The number of amides is 6. The zero-order valence-electron chi connectivity index (χ0n) is 35.7. The molecule has 1 unspecified atom stereocenters. The number of hydrogen-bond donors (Lipinski definition) is 6. The van der Waals surface area contributed by atoms with Crippen LogP contribution in [0, 0.1) is 0 Å². The molecule has 6 rings (SSSR count). The Morgan fingerprint density at radius 2 is 1.41 bits per heavy atom. The number of H-pyrrole nitrogens is 1. The molecule has 342 valence electrons. The molecule has 1 aliphatic rings. The van der Waals surface area contributed by atoms with E-state index in [9.17, 15) is 32.3 Å². The minimum absolute atomic E-state index is 0.00440. The van der Waals surface area contributed by atoms with Crippen LogP contribution >= 0.6 is 35.0 Å². The van der Waals surface area contributed by atoms with Crippen molar-refractivity contribution in [2.45, 2.75) is 36.5 Å². The number of fused-ring (bicyclic) bond motifs is 3. The van der Waals surface area contributed by atoms with Crippen LogP contribution < -0.4 is 26.6 Å². The normalized spacial score (nSPS) is 13.5. The number of aromatic nitrogens is 2. The van der Waals surface area contributed by atoms with E-state index in [1.807, 2.05) is 33.1 Å². The Kier molecular flexibility index (Phi) is 18.1. The first kappa shape index (κ1) is 49.5. The highest BCUT2D eigenvalue weighted by Gasteiger charge is 2.50. The van der Waals surface area contributed by atoms with Crippen LogP contribution in [0.4, 0.5) is 39.8 Å². The predicted molar refractivity (Wildman–Crippen MR) is 249 cm³/mol. The molecule has 0 saturated carbocycles. The second-order valence-corrected chi connectivity index (χ2v) is 17.1. The van der Waals surface area contributed by atoms with Crippen molar-refractivity contribution in [2.75, 3.05) is 82.6 Å². The molecular weight excluding hydrogens is 893 g/mol. The monoisotopic (exact) mass is 942 g/mol. The maximum atomic E-state index is 14.3. The molecule has 6 amide bonds. The lowest BCUT2D eigenvalue weighted by Gasteiger charge is -2.37. The smallest absolute Gasteiger partial charge is 0.356 e. The van der Waals surface area contributed by atoms with Gasteiger partial charge in [-0.2, -0.15) is 13.2 Å². The number of anilines is 3. The van der Waals surface area contributed by atoms with E-state index in [-0.39, 0.29) is 41.2 Å². The highest BCUT2D eigenvalue weighted by molar-refractivity contribution is 8.00. The topological polar surface area (TPSA) is 167 Å². The molecule has 6 N–H and O–H groups in total. The molecule has 64 heavy (non-hydrogen) atoms. The van der Waals surface area contributed by atoms with Gasteiger partial charge in [0.2, 0.25) is 5.91 Å². The average molecular weight is 944 g/mol. The standard InChI is InChI=1S/C25H28F3N5O2.C19H23Cl2N5O2S/c1-32(2)14-7-13-29-24(35)31-20-11-6-4-9-18(20)23(34)33-15-12-17-16-8-3-5-10-19(16)30-21(17)22(33)25(26,27)28;1-26(2)8-4-7-23-19(28)25-16-5-3-6-22-18(16)29-12-17(27)24-15-10-13(20)9-14(21)11-15/h3-6,8-11,22,30H,7,12-15H2,1-2H3,(H2,29,31,35);3,5-6,9-11H,4,7-8,12H2,1-2H3,(H,24,27)(H2,23,25,28). The summed E-state index contributed by atoms with van der Waals surface area (Å²) >= 11 is 13.1. The Morgan fingerprint density at radius 3 is 2.05 bits per heavy atom. The number of nitrogens with one attached hydrogen (secondary N) is 6. The molecule has 3 heterocycles. The minimum Gasteiger partial charge on any atom is -0.356 e. The van der Waals surface area contributed by atoms with Crippen molar-refractivity contribution in [3.63, 3.8) is 0 Å². The summed E-state index contributed by atoms with van der Waals surface area (Å²) in [5.74, 6) is -0.918. The molecule has 1 aliphatic heterocycles. The third kappa shape index (κ3) is 14.5. The molecular formula is C44H51Cl2F3N10O4S. The Balaban J connectivity index is 0.000000246. The molecule has 0 aliphatic carbocycles. The van der Waals surface area contributed by atoms with Gasteiger partial charge in [0.15, 0.2) is 6.04 Å². The number of alkyl halides is 3. The zero-order valence-corrected chi connectivity index (χ0v) is 38.1. The molecule has 14 nitrogen and oxygen atoms in total. The van der Waals surface area contributed by atoms with E-state index in [1.54, 1.807) is 72.9 Å². The molecule has 20 heteroatoms. The first-order valence-corrected chi connectivity index (χ1v) is 22.0. The Labute approximate surface area is 384 Å². The zero-order chi connectivity index (χ0) is 46.4. The maximum Gasteiger partial charge on any atom is 0.414 e. The van der Waals surface area contributed by atoms with Gasteiger partial charge in [-0.25, -0.2) is 14.6 Å². The van der Waals surface area contributed by atoms with Gasteiger partial charge in [0.25, 0.3) is 5.91 Å². The highest BCUT2D eigenvalue weighted by Crippen LogP contribution is 2.44. The van der Waals surface area contributed by atoms with E-state index >= 15 is 0 Å². The van der Waals surface area contributed by atoms with Gasteiger partial charge in [-0.05, 0) is 115 Å². The van der Waals surface area contributed by atoms with Crippen molar-refractivity contribution in [2.24, 2.45) is 0 Å². The van der Waals surface area contributed by atoms with E-state index < -0.39 is 24.2 Å². The number of hydrogen-bond acceptors (Lipinski definition) is 8. The molecule has 0 fully saturated rings. The number of thioether (sulfide) groups is 1. The largest absolute Gasteiger partial charge is 0.414 e. The third-order valence-corrected chi connectivity index (χ3v) is 11.1. The average Bonchev–Trinajstić information content (AvgIpc) is 3.61. The van der Waals surface area contributed by atoms with E-state index in [0.717, 1.165) is 36.2 Å². The second kappa shape index (κ2) is 23.4. The quantitative estimate of drug-likeness (QED) is 0.0448. The molecule has 3 aromatic carbocycles. The summed E-state index contributed by atoms with van der Waals surface area (Å²) in [7, 11) is 7.82. The van der Waals surface area contributed by atoms with E-state index in [1.165, 1.54) is 23.9 Å². The number of benzene rings is 3. The van der Waals surface area contributed by atoms with Gasteiger partial charge in [0.05, 0.1) is 28.4 Å². The minimum atomic E-state index is -4.68. The van der Waals surface area contributed by atoms with Gasteiger partial charge >= 0.3 is 18.2 Å². The number of pyridine rings is 1. The summed E-state index contributed by atoms with van der Waals surface area (Å²) in [6, 6.07) is 18.5. The first-order chi connectivity index (χ1) is 30.5. The Morgan fingerprint density at radius 1 is 0.812 bits per heavy atom. The molecule has 5 aromatic rings. The van der Waals surface area contributed by atoms with Crippen LogP contribution in [-0.2, 0) is 11.2 Å². The molecule has 2 aromatic heterocycles. The van der Waals surface area contributed by atoms with Crippen LogP contribution in [0.15, 0.2) is 90.1 Å². The van der Waals surface area contributed by atoms with E-state index in [2.05, 4.69) is 41.5 Å². The summed E-state index contributed by atoms with van der Waals surface area (Å²) in [5, 5.41) is 15.8. The van der Waals surface area contributed by atoms with Crippen LogP contribution in [0.2, 0.25) is 10.0 Å². The Bertz CT molecular complexity index is 2380. The van der Waals surface area contributed by atoms with Crippen LogP contribution in [-0.4, -0.2) is 121 Å². The summed E-state index contributed by atoms with van der Waals surface area (Å²) < 4.78 is 43.0. The van der Waals surface area contributed by atoms with Gasteiger partial charge in [0.1, 0.15) is 5.03 Å². The number of carbonyl (C=O) groups is 4.